The summed E-state index contributed by atoms with van der Waals surface area (Å²) in [6.45, 7) is 12.6. The van der Waals surface area contributed by atoms with E-state index in [0.29, 0.717) is 11.3 Å². The molecular weight excluding hydrogens is 472 g/mol. The summed E-state index contributed by atoms with van der Waals surface area (Å²) in [5.74, 6) is -0.502. The molecule has 4 aromatic carbocycles. The number of esters is 2. The average Bonchev–Trinajstić information content (AvgIpc) is 2.92. The van der Waals surface area contributed by atoms with Crippen LogP contribution in [0.5, 0.6) is 5.75 Å². The first-order valence-corrected chi connectivity index (χ1v) is 12.7. The molecular formula is C34H34O4. The molecule has 38 heavy (non-hydrogen) atoms. The standard InChI is InChI=1S/C34H34O4/c1-21-16-29(17-22(2)25(21)5)34(6,28-14-9-8-10-15-28)30-18-23(3)31(24(4)19-30)38-33(36)27-13-11-12-26(20-27)32(35)37-7/h8-20H,1-7H3. The van der Waals surface area contributed by atoms with Crippen molar-refractivity contribution in [3.05, 3.63) is 134 Å². The van der Waals surface area contributed by atoms with E-state index in [1.54, 1.807) is 18.2 Å². The van der Waals surface area contributed by atoms with E-state index in [4.69, 9.17) is 9.47 Å². The van der Waals surface area contributed by atoms with Gasteiger partial charge in [-0.05, 0) is 104 Å². The Hall–Kier alpha value is -4.18. The summed E-state index contributed by atoms with van der Waals surface area (Å²) >= 11 is 0. The van der Waals surface area contributed by atoms with Crippen molar-refractivity contribution < 1.29 is 19.1 Å². The third-order valence-electron chi connectivity index (χ3n) is 7.61. The Morgan fingerprint density at radius 2 is 1.11 bits per heavy atom. The van der Waals surface area contributed by atoms with Gasteiger partial charge >= 0.3 is 11.9 Å². The molecule has 4 aromatic rings. The Balaban J connectivity index is 1.78. The van der Waals surface area contributed by atoms with Gasteiger partial charge < -0.3 is 9.47 Å². The maximum absolute atomic E-state index is 13.0. The first kappa shape index (κ1) is 26.9. The van der Waals surface area contributed by atoms with Gasteiger partial charge in [-0.2, -0.15) is 0 Å². The van der Waals surface area contributed by atoms with Crippen molar-refractivity contribution in [1.29, 1.82) is 0 Å². The Bertz CT molecular complexity index is 1470. The molecule has 0 saturated heterocycles. The molecule has 194 valence electrons. The van der Waals surface area contributed by atoms with Crippen molar-refractivity contribution in [2.75, 3.05) is 7.11 Å². The Labute approximate surface area is 225 Å². The minimum absolute atomic E-state index is 0.288. The summed E-state index contributed by atoms with van der Waals surface area (Å²) < 4.78 is 10.6. The summed E-state index contributed by atoms with van der Waals surface area (Å²) in [5, 5.41) is 0. The van der Waals surface area contributed by atoms with Crippen LogP contribution < -0.4 is 4.74 Å². The Morgan fingerprint density at radius 1 is 0.605 bits per heavy atom. The molecule has 1 unspecified atom stereocenters. The summed E-state index contributed by atoms with van der Waals surface area (Å²) in [6, 6.07) is 25.6. The van der Waals surface area contributed by atoms with Crippen molar-refractivity contribution in [3.8, 4) is 5.75 Å². The average molecular weight is 507 g/mol. The lowest BCUT2D eigenvalue weighted by Crippen LogP contribution is -2.26. The van der Waals surface area contributed by atoms with E-state index in [0.717, 1.165) is 16.7 Å². The molecule has 4 heteroatoms. The van der Waals surface area contributed by atoms with E-state index in [-0.39, 0.29) is 5.56 Å². The lowest BCUT2D eigenvalue weighted by Gasteiger charge is -2.34. The van der Waals surface area contributed by atoms with E-state index < -0.39 is 17.4 Å². The van der Waals surface area contributed by atoms with Crippen LogP contribution in [0.3, 0.4) is 0 Å². The molecule has 4 rings (SSSR count). The highest BCUT2D eigenvalue weighted by Crippen LogP contribution is 2.42. The van der Waals surface area contributed by atoms with Crippen LogP contribution in [-0.4, -0.2) is 19.0 Å². The van der Waals surface area contributed by atoms with Crippen LogP contribution in [0.4, 0.5) is 0 Å². The van der Waals surface area contributed by atoms with E-state index in [1.807, 2.05) is 19.9 Å². The van der Waals surface area contributed by atoms with Gasteiger partial charge in [-0.3, -0.25) is 0 Å². The van der Waals surface area contributed by atoms with Gasteiger partial charge in [-0.25, -0.2) is 9.59 Å². The van der Waals surface area contributed by atoms with Crippen LogP contribution in [0, 0.1) is 34.6 Å². The fourth-order valence-corrected chi connectivity index (χ4v) is 5.04. The molecule has 0 heterocycles. The van der Waals surface area contributed by atoms with E-state index in [1.165, 1.54) is 41.0 Å². The highest BCUT2D eigenvalue weighted by Gasteiger charge is 2.33. The smallest absolute Gasteiger partial charge is 0.343 e. The lowest BCUT2D eigenvalue weighted by atomic mass is 9.69. The van der Waals surface area contributed by atoms with Crippen molar-refractivity contribution in [1.82, 2.24) is 0 Å². The summed E-state index contributed by atoms with van der Waals surface area (Å²) in [4.78, 5) is 24.9. The lowest BCUT2D eigenvalue weighted by molar-refractivity contribution is 0.0600. The Kier molecular flexibility index (Phi) is 7.54. The van der Waals surface area contributed by atoms with E-state index in [9.17, 15) is 9.59 Å². The number of benzene rings is 4. The van der Waals surface area contributed by atoms with Crippen molar-refractivity contribution >= 4 is 11.9 Å². The second kappa shape index (κ2) is 10.7. The molecule has 4 nitrogen and oxygen atoms in total. The fourth-order valence-electron chi connectivity index (χ4n) is 5.04. The third-order valence-corrected chi connectivity index (χ3v) is 7.61. The van der Waals surface area contributed by atoms with Gasteiger partial charge in [0.15, 0.2) is 0 Å². The van der Waals surface area contributed by atoms with Crippen LogP contribution in [0.2, 0.25) is 0 Å². The SMILES string of the molecule is COC(=O)c1cccc(C(=O)Oc2c(C)cc(C(C)(c3ccccc3)c3cc(C)c(C)c(C)c3)cc2C)c1. The van der Waals surface area contributed by atoms with Crippen molar-refractivity contribution in [2.24, 2.45) is 0 Å². The topological polar surface area (TPSA) is 52.6 Å². The summed E-state index contributed by atoms with van der Waals surface area (Å²) in [5.41, 5.74) is 9.23. The van der Waals surface area contributed by atoms with Crippen molar-refractivity contribution in [3.63, 3.8) is 0 Å². The number of methoxy groups -OCH3 is 1. The molecule has 1 atom stereocenters. The zero-order chi connectivity index (χ0) is 27.6. The van der Waals surface area contributed by atoms with Gasteiger partial charge in [0.2, 0.25) is 0 Å². The molecule has 0 saturated carbocycles. The first-order valence-electron chi connectivity index (χ1n) is 12.7. The first-order chi connectivity index (χ1) is 18.1. The second-order valence-corrected chi connectivity index (χ2v) is 10.1. The number of rotatable bonds is 6. The molecule has 0 fully saturated rings. The third kappa shape index (κ3) is 4.99. The van der Waals surface area contributed by atoms with E-state index in [2.05, 4.69) is 76.2 Å². The van der Waals surface area contributed by atoms with Crippen LogP contribution >= 0.6 is 0 Å². The number of carbonyl (C=O) groups excluding carboxylic acids is 2. The minimum atomic E-state index is -0.523. The molecule has 0 bridgehead atoms. The van der Waals surface area contributed by atoms with Crippen LogP contribution in [-0.2, 0) is 10.2 Å². The van der Waals surface area contributed by atoms with Crippen LogP contribution in [0.25, 0.3) is 0 Å². The normalized spacial score (nSPS) is 12.5. The second-order valence-electron chi connectivity index (χ2n) is 10.1. The van der Waals surface area contributed by atoms with Crippen molar-refractivity contribution in [2.45, 2.75) is 47.0 Å². The van der Waals surface area contributed by atoms with Crippen LogP contribution in [0.15, 0.2) is 78.9 Å². The number of carbonyl (C=O) groups is 2. The molecule has 0 amide bonds. The molecule has 0 N–H and O–H groups in total. The Morgan fingerprint density at radius 3 is 1.63 bits per heavy atom. The predicted octanol–water partition coefficient (Wildman–Crippen LogP) is 7.59. The molecule has 0 aliphatic rings. The van der Waals surface area contributed by atoms with Gasteiger partial charge in [0.05, 0.1) is 18.2 Å². The van der Waals surface area contributed by atoms with Gasteiger partial charge in [0, 0.05) is 5.41 Å². The number of aryl methyl sites for hydroxylation is 4. The zero-order valence-electron chi connectivity index (χ0n) is 23.1. The molecule has 0 spiro atoms. The summed E-state index contributed by atoms with van der Waals surface area (Å²) in [6.07, 6.45) is 0. The number of hydrogen-bond acceptors (Lipinski definition) is 4. The van der Waals surface area contributed by atoms with Gasteiger partial charge in [0.25, 0.3) is 0 Å². The highest BCUT2D eigenvalue weighted by molar-refractivity contribution is 5.96. The number of hydrogen-bond donors (Lipinski definition) is 0. The monoisotopic (exact) mass is 506 g/mol. The van der Waals surface area contributed by atoms with Crippen LogP contribution in [0.1, 0.15) is 72.1 Å². The molecule has 0 radical (unpaired) electrons. The minimum Gasteiger partial charge on any atom is -0.465 e. The largest absolute Gasteiger partial charge is 0.465 e. The molecule has 0 aliphatic heterocycles. The number of ether oxygens (including phenoxy) is 2. The predicted molar refractivity (Wildman–Crippen MR) is 151 cm³/mol. The van der Waals surface area contributed by atoms with Gasteiger partial charge in [0.1, 0.15) is 5.75 Å². The molecule has 0 aliphatic carbocycles. The fraction of sp³-hybridized carbons (Fsp3) is 0.235. The van der Waals surface area contributed by atoms with Gasteiger partial charge in [-0.15, -0.1) is 0 Å². The zero-order valence-corrected chi connectivity index (χ0v) is 23.1. The van der Waals surface area contributed by atoms with Gasteiger partial charge in [-0.1, -0.05) is 60.7 Å². The maximum Gasteiger partial charge on any atom is 0.343 e. The quantitative estimate of drug-likeness (QED) is 0.154. The van der Waals surface area contributed by atoms with E-state index >= 15 is 0 Å². The maximum atomic E-state index is 13.0. The summed E-state index contributed by atoms with van der Waals surface area (Å²) in [7, 11) is 1.31. The highest BCUT2D eigenvalue weighted by atomic mass is 16.5. The molecule has 0 aromatic heterocycles.